The molecule has 2 heterocycles. The molecule has 1 atom stereocenters. The second-order valence-corrected chi connectivity index (χ2v) is 5.45. The fraction of sp³-hybridized carbons (Fsp3) is 0.333. The van der Waals surface area contributed by atoms with Crippen LogP contribution >= 0.6 is 22.9 Å². The standard InChI is InChI=1S/C12H13ClFN3S/c1-3-9-6-16-12(18-9)7(2)17-11-10(14)4-8(13)5-15-11/h4-7H,3H2,1-2H3,(H,15,17). The SMILES string of the molecule is CCc1cnc(C(C)Nc2ncc(Cl)cc2F)s1. The monoisotopic (exact) mass is 285 g/mol. The summed E-state index contributed by atoms with van der Waals surface area (Å²) in [5.41, 5.74) is 0. The van der Waals surface area contributed by atoms with Crippen LogP contribution in [0.4, 0.5) is 10.2 Å². The zero-order chi connectivity index (χ0) is 13.1. The second kappa shape index (κ2) is 5.63. The fourth-order valence-corrected chi connectivity index (χ4v) is 2.48. The van der Waals surface area contributed by atoms with Gasteiger partial charge in [0, 0.05) is 17.3 Å². The Kier molecular flexibility index (Phi) is 4.14. The highest BCUT2D eigenvalue weighted by Gasteiger charge is 2.13. The third-order valence-corrected chi connectivity index (χ3v) is 3.98. The molecule has 0 aromatic carbocycles. The van der Waals surface area contributed by atoms with Crippen LogP contribution in [0, 0.1) is 5.82 Å². The molecule has 18 heavy (non-hydrogen) atoms. The topological polar surface area (TPSA) is 37.8 Å². The van der Waals surface area contributed by atoms with Crippen molar-refractivity contribution < 1.29 is 4.39 Å². The Morgan fingerprint density at radius 3 is 2.83 bits per heavy atom. The normalized spacial score (nSPS) is 12.4. The summed E-state index contributed by atoms with van der Waals surface area (Å²) < 4.78 is 13.6. The third kappa shape index (κ3) is 2.97. The molecule has 0 saturated carbocycles. The first-order chi connectivity index (χ1) is 8.60. The molecule has 0 aliphatic carbocycles. The largest absolute Gasteiger partial charge is 0.359 e. The predicted octanol–water partition coefficient (Wildman–Crippen LogP) is 4.07. The maximum absolute atomic E-state index is 13.6. The van der Waals surface area contributed by atoms with Crippen molar-refractivity contribution in [3.63, 3.8) is 0 Å². The maximum Gasteiger partial charge on any atom is 0.166 e. The van der Waals surface area contributed by atoms with Crippen molar-refractivity contribution in [3.05, 3.63) is 39.2 Å². The van der Waals surface area contributed by atoms with Gasteiger partial charge in [-0.3, -0.25) is 0 Å². The number of aryl methyl sites for hydroxylation is 1. The summed E-state index contributed by atoms with van der Waals surface area (Å²) in [6, 6.07) is 1.15. The summed E-state index contributed by atoms with van der Waals surface area (Å²) in [5, 5.41) is 4.20. The Hall–Kier alpha value is -1.20. The van der Waals surface area contributed by atoms with E-state index < -0.39 is 5.82 Å². The van der Waals surface area contributed by atoms with Crippen molar-refractivity contribution in [1.82, 2.24) is 9.97 Å². The van der Waals surface area contributed by atoms with Gasteiger partial charge in [0.2, 0.25) is 0 Å². The van der Waals surface area contributed by atoms with Gasteiger partial charge >= 0.3 is 0 Å². The number of thiazole rings is 1. The molecule has 0 spiro atoms. The van der Waals surface area contributed by atoms with Crippen LogP contribution in [0.2, 0.25) is 5.02 Å². The highest BCUT2D eigenvalue weighted by molar-refractivity contribution is 7.11. The maximum atomic E-state index is 13.6. The third-order valence-electron chi connectivity index (χ3n) is 2.45. The number of hydrogen-bond donors (Lipinski definition) is 1. The Labute approximate surface area is 114 Å². The summed E-state index contributed by atoms with van der Waals surface area (Å²) in [5.74, 6) is -0.262. The van der Waals surface area contributed by atoms with E-state index in [1.165, 1.54) is 17.1 Å². The molecular weight excluding hydrogens is 273 g/mol. The van der Waals surface area contributed by atoms with Crippen LogP contribution in [0.15, 0.2) is 18.5 Å². The van der Waals surface area contributed by atoms with Gasteiger partial charge in [0.25, 0.3) is 0 Å². The molecule has 0 radical (unpaired) electrons. The Balaban J connectivity index is 2.13. The van der Waals surface area contributed by atoms with E-state index in [0.717, 1.165) is 11.4 Å². The minimum absolute atomic E-state index is 0.0847. The van der Waals surface area contributed by atoms with E-state index in [4.69, 9.17) is 11.6 Å². The zero-order valence-electron chi connectivity index (χ0n) is 10.1. The molecule has 0 aliphatic heterocycles. The minimum Gasteiger partial charge on any atom is -0.359 e. The summed E-state index contributed by atoms with van der Waals surface area (Å²) in [6.45, 7) is 4.00. The molecule has 2 aromatic rings. The van der Waals surface area contributed by atoms with Crippen molar-refractivity contribution in [2.75, 3.05) is 5.32 Å². The van der Waals surface area contributed by atoms with Gasteiger partial charge in [0.15, 0.2) is 11.6 Å². The van der Waals surface area contributed by atoms with E-state index >= 15 is 0 Å². The lowest BCUT2D eigenvalue weighted by atomic mass is 10.3. The van der Waals surface area contributed by atoms with Crippen molar-refractivity contribution in [3.8, 4) is 0 Å². The molecular formula is C12H13ClFN3S. The molecule has 96 valence electrons. The average Bonchev–Trinajstić information content (AvgIpc) is 2.81. The average molecular weight is 286 g/mol. The smallest absolute Gasteiger partial charge is 0.166 e. The quantitative estimate of drug-likeness (QED) is 0.920. The van der Waals surface area contributed by atoms with E-state index in [-0.39, 0.29) is 16.9 Å². The van der Waals surface area contributed by atoms with Gasteiger partial charge in [-0.2, -0.15) is 0 Å². The molecule has 0 saturated heterocycles. The molecule has 6 heteroatoms. The molecule has 0 amide bonds. The highest BCUT2D eigenvalue weighted by atomic mass is 35.5. The van der Waals surface area contributed by atoms with Crippen molar-refractivity contribution in [2.24, 2.45) is 0 Å². The first-order valence-corrected chi connectivity index (χ1v) is 6.81. The number of nitrogens with one attached hydrogen (secondary N) is 1. The molecule has 2 rings (SSSR count). The van der Waals surface area contributed by atoms with Gasteiger partial charge in [0.05, 0.1) is 11.1 Å². The Bertz CT molecular complexity index is 544. The van der Waals surface area contributed by atoms with Gasteiger partial charge in [-0.15, -0.1) is 11.3 Å². The number of rotatable bonds is 4. The predicted molar refractivity (Wildman–Crippen MR) is 72.7 cm³/mol. The highest BCUT2D eigenvalue weighted by Crippen LogP contribution is 2.25. The summed E-state index contributed by atoms with van der Waals surface area (Å²) in [6.07, 6.45) is 4.22. The van der Waals surface area contributed by atoms with Crippen molar-refractivity contribution >= 4 is 28.8 Å². The number of anilines is 1. The number of hydrogen-bond acceptors (Lipinski definition) is 4. The molecule has 0 fully saturated rings. The van der Waals surface area contributed by atoms with Gasteiger partial charge < -0.3 is 5.32 Å². The van der Waals surface area contributed by atoms with Crippen LogP contribution in [-0.4, -0.2) is 9.97 Å². The molecule has 3 nitrogen and oxygen atoms in total. The van der Waals surface area contributed by atoms with Crippen LogP contribution < -0.4 is 5.32 Å². The number of pyridine rings is 1. The number of halogens is 2. The van der Waals surface area contributed by atoms with Crippen LogP contribution in [-0.2, 0) is 6.42 Å². The lowest BCUT2D eigenvalue weighted by Gasteiger charge is -2.12. The minimum atomic E-state index is -0.457. The second-order valence-electron chi connectivity index (χ2n) is 3.87. The van der Waals surface area contributed by atoms with Gasteiger partial charge in [-0.1, -0.05) is 18.5 Å². The summed E-state index contributed by atoms with van der Waals surface area (Å²) in [7, 11) is 0. The van der Waals surface area contributed by atoms with Crippen LogP contribution in [0.1, 0.15) is 29.8 Å². The van der Waals surface area contributed by atoms with Gasteiger partial charge in [0.1, 0.15) is 5.01 Å². The van der Waals surface area contributed by atoms with E-state index in [1.54, 1.807) is 11.3 Å². The van der Waals surface area contributed by atoms with Crippen LogP contribution in [0.3, 0.4) is 0 Å². The van der Waals surface area contributed by atoms with Crippen LogP contribution in [0.5, 0.6) is 0 Å². The lowest BCUT2D eigenvalue weighted by Crippen LogP contribution is -2.09. The molecule has 2 aromatic heterocycles. The summed E-state index contributed by atoms with van der Waals surface area (Å²) >= 11 is 7.27. The molecule has 0 aliphatic rings. The number of nitrogens with zero attached hydrogens (tertiary/aromatic N) is 2. The first kappa shape index (κ1) is 13.2. The molecule has 1 N–H and O–H groups in total. The molecule has 0 bridgehead atoms. The first-order valence-electron chi connectivity index (χ1n) is 5.62. The summed E-state index contributed by atoms with van der Waals surface area (Å²) in [4.78, 5) is 9.45. The van der Waals surface area contributed by atoms with Crippen molar-refractivity contribution in [1.29, 1.82) is 0 Å². The Morgan fingerprint density at radius 1 is 1.44 bits per heavy atom. The van der Waals surface area contributed by atoms with E-state index in [2.05, 4.69) is 22.2 Å². The van der Waals surface area contributed by atoms with E-state index in [0.29, 0.717) is 0 Å². The lowest BCUT2D eigenvalue weighted by molar-refractivity contribution is 0.621. The van der Waals surface area contributed by atoms with Crippen molar-refractivity contribution in [2.45, 2.75) is 26.3 Å². The molecule has 1 unspecified atom stereocenters. The number of aromatic nitrogens is 2. The van der Waals surface area contributed by atoms with Gasteiger partial charge in [-0.05, 0) is 19.4 Å². The van der Waals surface area contributed by atoms with Gasteiger partial charge in [-0.25, -0.2) is 14.4 Å². The fourth-order valence-electron chi connectivity index (χ4n) is 1.47. The zero-order valence-corrected chi connectivity index (χ0v) is 11.6. The van der Waals surface area contributed by atoms with Crippen LogP contribution in [0.25, 0.3) is 0 Å². The Morgan fingerprint density at radius 2 is 2.22 bits per heavy atom. The van der Waals surface area contributed by atoms with E-state index in [1.807, 2.05) is 13.1 Å². The van der Waals surface area contributed by atoms with E-state index in [9.17, 15) is 4.39 Å².